The third-order valence-electron chi connectivity index (χ3n) is 3.69. The van der Waals surface area contributed by atoms with E-state index in [4.69, 9.17) is 10.5 Å². The highest BCUT2D eigenvalue weighted by molar-refractivity contribution is 9.10. The molecule has 1 heterocycles. The Bertz CT molecular complexity index is 659. The van der Waals surface area contributed by atoms with Gasteiger partial charge in [-0.25, -0.2) is 4.39 Å². The molecule has 0 saturated heterocycles. The lowest BCUT2D eigenvalue weighted by molar-refractivity contribution is 0.160. The molecule has 2 aromatic rings. The summed E-state index contributed by atoms with van der Waals surface area (Å²) in [4.78, 5) is 0. The molecular formula is C16H15BrFNO. The summed E-state index contributed by atoms with van der Waals surface area (Å²) in [5.74, 6) is 0.571. The number of fused-ring (bicyclic) bond motifs is 1. The second kappa shape index (κ2) is 5.19. The van der Waals surface area contributed by atoms with Gasteiger partial charge in [0.2, 0.25) is 0 Å². The van der Waals surface area contributed by atoms with Crippen molar-refractivity contribution in [2.75, 3.05) is 0 Å². The molecule has 3 rings (SSSR count). The zero-order chi connectivity index (χ0) is 14.3. The highest BCUT2D eigenvalue weighted by Gasteiger charge is 2.28. The van der Waals surface area contributed by atoms with Crippen LogP contribution in [-0.2, 0) is 0 Å². The number of ether oxygens (including phenoxy) is 1. The van der Waals surface area contributed by atoms with E-state index in [9.17, 15) is 4.39 Å². The van der Waals surface area contributed by atoms with Gasteiger partial charge in [0, 0.05) is 22.5 Å². The summed E-state index contributed by atoms with van der Waals surface area (Å²) in [6.07, 6.45) is 0.564. The van der Waals surface area contributed by atoms with Crippen LogP contribution in [0.25, 0.3) is 0 Å². The molecule has 2 aromatic carbocycles. The molecule has 1 aliphatic rings. The summed E-state index contributed by atoms with van der Waals surface area (Å²) in [5.41, 5.74) is 9.14. The monoisotopic (exact) mass is 335 g/mol. The summed E-state index contributed by atoms with van der Waals surface area (Å²) in [7, 11) is 0. The van der Waals surface area contributed by atoms with Crippen molar-refractivity contribution in [3.63, 3.8) is 0 Å². The summed E-state index contributed by atoms with van der Waals surface area (Å²) in [6.45, 7) is 1.89. The summed E-state index contributed by atoms with van der Waals surface area (Å²) in [5, 5.41) is 0. The van der Waals surface area contributed by atoms with Gasteiger partial charge >= 0.3 is 0 Å². The van der Waals surface area contributed by atoms with Gasteiger partial charge in [-0.3, -0.25) is 0 Å². The lowest BCUT2D eigenvalue weighted by atomic mass is 9.92. The van der Waals surface area contributed by atoms with Crippen LogP contribution in [0.4, 0.5) is 4.39 Å². The van der Waals surface area contributed by atoms with Crippen LogP contribution in [-0.4, -0.2) is 0 Å². The molecule has 2 atom stereocenters. The molecule has 0 saturated carbocycles. The van der Waals surface area contributed by atoms with E-state index >= 15 is 0 Å². The zero-order valence-electron chi connectivity index (χ0n) is 11.1. The Hall–Kier alpha value is -1.39. The van der Waals surface area contributed by atoms with E-state index in [2.05, 4.69) is 15.9 Å². The Morgan fingerprint density at radius 1 is 1.20 bits per heavy atom. The largest absolute Gasteiger partial charge is 0.485 e. The van der Waals surface area contributed by atoms with Gasteiger partial charge in [0.25, 0.3) is 0 Å². The van der Waals surface area contributed by atoms with Crippen LogP contribution in [0.1, 0.15) is 35.3 Å². The lowest BCUT2D eigenvalue weighted by Crippen LogP contribution is -2.24. The molecule has 2 nitrogen and oxygen atoms in total. The van der Waals surface area contributed by atoms with Gasteiger partial charge in [-0.1, -0.05) is 28.1 Å². The van der Waals surface area contributed by atoms with Crippen LogP contribution in [0.15, 0.2) is 40.9 Å². The van der Waals surface area contributed by atoms with E-state index in [-0.39, 0.29) is 18.0 Å². The third kappa shape index (κ3) is 2.45. The van der Waals surface area contributed by atoms with Crippen molar-refractivity contribution in [3.05, 3.63) is 63.4 Å². The average Bonchev–Trinajstić information content (AvgIpc) is 2.37. The number of hydrogen-bond acceptors (Lipinski definition) is 2. The first kappa shape index (κ1) is 13.6. The van der Waals surface area contributed by atoms with Gasteiger partial charge in [-0.15, -0.1) is 0 Å². The fourth-order valence-electron chi connectivity index (χ4n) is 2.67. The van der Waals surface area contributed by atoms with Crippen LogP contribution in [0.5, 0.6) is 5.75 Å². The third-order valence-corrected chi connectivity index (χ3v) is 4.18. The topological polar surface area (TPSA) is 35.2 Å². The molecule has 0 amide bonds. The van der Waals surface area contributed by atoms with Crippen LogP contribution >= 0.6 is 15.9 Å². The van der Waals surface area contributed by atoms with E-state index in [0.29, 0.717) is 6.42 Å². The minimum atomic E-state index is -0.227. The summed E-state index contributed by atoms with van der Waals surface area (Å²) >= 11 is 3.44. The second-order valence-corrected chi connectivity index (χ2v) is 6.05. The number of nitrogens with two attached hydrogens (primary N) is 1. The van der Waals surface area contributed by atoms with Gasteiger partial charge in [0.1, 0.15) is 17.7 Å². The molecule has 0 aromatic heterocycles. The van der Waals surface area contributed by atoms with Crippen molar-refractivity contribution in [2.45, 2.75) is 25.5 Å². The summed E-state index contributed by atoms with van der Waals surface area (Å²) < 4.78 is 20.2. The normalized spacial score (nSPS) is 21.2. The highest BCUT2D eigenvalue weighted by atomic mass is 79.9. The van der Waals surface area contributed by atoms with Crippen LogP contribution < -0.4 is 10.5 Å². The quantitative estimate of drug-likeness (QED) is 0.837. The minimum absolute atomic E-state index is 0.0682. The molecule has 104 valence electrons. The fourth-order valence-corrected chi connectivity index (χ4v) is 3.01. The maximum absolute atomic E-state index is 13.2. The number of aryl methyl sites for hydroxylation is 1. The van der Waals surface area contributed by atoms with E-state index in [1.807, 2.05) is 25.1 Å². The highest BCUT2D eigenvalue weighted by Crippen LogP contribution is 2.41. The van der Waals surface area contributed by atoms with Crippen molar-refractivity contribution in [3.8, 4) is 5.75 Å². The van der Waals surface area contributed by atoms with Gasteiger partial charge < -0.3 is 10.5 Å². The molecule has 0 fully saturated rings. The number of benzene rings is 2. The van der Waals surface area contributed by atoms with Crippen LogP contribution in [0.3, 0.4) is 0 Å². The van der Waals surface area contributed by atoms with Gasteiger partial charge in [-0.05, 0) is 42.3 Å². The maximum Gasteiger partial charge on any atom is 0.126 e. The molecule has 20 heavy (non-hydrogen) atoms. The lowest BCUT2D eigenvalue weighted by Gasteiger charge is -2.31. The van der Waals surface area contributed by atoms with E-state index < -0.39 is 0 Å². The number of halogens is 2. The first-order chi connectivity index (χ1) is 9.54. The van der Waals surface area contributed by atoms with Crippen molar-refractivity contribution in [1.82, 2.24) is 0 Å². The van der Waals surface area contributed by atoms with Gasteiger partial charge in [-0.2, -0.15) is 0 Å². The number of hydrogen-bond donors (Lipinski definition) is 1. The molecule has 0 radical (unpaired) electrons. The molecule has 4 heteroatoms. The maximum atomic E-state index is 13.2. The Morgan fingerprint density at radius 3 is 2.70 bits per heavy atom. The van der Waals surface area contributed by atoms with Gasteiger partial charge in [0.05, 0.1) is 0 Å². The van der Waals surface area contributed by atoms with E-state index in [1.54, 1.807) is 6.07 Å². The van der Waals surface area contributed by atoms with Gasteiger partial charge in [0.15, 0.2) is 0 Å². The van der Waals surface area contributed by atoms with Crippen molar-refractivity contribution in [1.29, 1.82) is 0 Å². The second-order valence-electron chi connectivity index (χ2n) is 5.13. The molecule has 2 unspecified atom stereocenters. The van der Waals surface area contributed by atoms with E-state index in [1.165, 1.54) is 12.1 Å². The summed E-state index contributed by atoms with van der Waals surface area (Å²) in [6, 6.07) is 10.6. The molecule has 0 bridgehead atoms. The van der Waals surface area contributed by atoms with Crippen molar-refractivity contribution < 1.29 is 9.13 Å². The minimum Gasteiger partial charge on any atom is -0.485 e. The first-order valence-electron chi connectivity index (χ1n) is 6.52. The van der Waals surface area contributed by atoms with Crippen LogP contribution in [0.2, 0.25) is 0 Å². The standard InChI is InChI=1S/C16H15BrFNO/c1-9-6-11(18)3-5-12(9)16-8-14(19)13-4-2-10(17)7-15(13)20-16/h2-7,14,16H,8,19H2,1H3. The smallest absolute Gasteiger partial charge is 0.126 e. The molecular weight excluding hydrogens is 321 g/mol. The number of rotatable bonds is 1. The molecule has 0 spiro atoms. The Kier molecular flexibility index (Phi) is 3.52. The molecule has 0 aliphatic carbocycles. The molecule has 1 aliphatic heterocycles. The predicted molar refractivity (Wildman–Crippen MR) is 80.2 cm³/mol. The SMILES string of the molecule is Cc1cc(F)ccc1C1CC(N)c2ccc(Br)cc2O1. The van der Waals surface area contributed by atoms with Crippen LogP contribution in [0, 0.1) is 12.7 Å². The Labute approximate surface area is 125 Å². The Balaban J connectivity index is 1.98. The molecule has 2 N–H and O–H groups in total. The first-order valence-corrected chi connectivity index (χ1v) is 7.31. The zero-order valence-corrected chi connectivity index (χ0v) is 12.7. The van der Waals surface area contributed by atoms with Crippen molar-refractivity contribution >= 4 is 15.9 Å². The Morgan fingerprint density at radius 2 is 1.95 bits per heavy atom. The van der Waals surface area contributed by atoms with E-state index in [0.717, 1.165) is 26.9 Å². The van der Waals surface area contributed by atoms with Crippen molar-refractivity contribution in [2.24, 2.45) is 5.73 Å². The fraction of sp³-hybridized carbons (Fsp3) is 0.250. The average molecular weight is 336 g/mol. The predicted octanol–water partition coefficient (Wildman–Crippen LogP) is 4.42.